The summed E-state index contributed by atoms with van der Waals surface area (Å²) in [6.07, 6.45) is 0. The van der Waals surface area contributed by atoms with Crippen molar-refractivity contribution < 1.29 is 0 Å². The molecular weight excluding hydrogens is 230 g/mol. The molecule has 3 rings (SSSR count). The first kappa shape index (κ1) is 11.8. The number of rotatable bonds is 2. The summed E-state index contributed by atoms with van der Waals surface area (Å²) in [6, 6.07) is 16.9. The third-order valence-electron chi connectivity index (χ3n) is 3.67. The molecule has 0 radical (unpaired) electrons. The minimum atomic E-state index is 1.05. The Bertz CT molecular complexity index is 745. The topological polar surface area (TPSA) is 15.8 Å². The van der Waals surface area contributed by atoms with Crippen LogP contribution in [0, 0.1) is 13.8 Å². The molecule has 0 fully saturated rings. The molecule has 19 heavy (non-hydrogen) atoms. The van der Waals surface area contributed by atoms with E-state index < -0.39 is 0 Å². The standard InChI is InChI=1S/C18H17N/c1-12-8-10-15(11-9-12)13(2)18-14(3)16-6-4-5-7-17(16)19-18/h4-11,19H,2H2,1,3H3. The number of fused-ring (bicyclic) bond motifs is 1. The fourth-order valence-corrected chi connectivity index (χ4v) is 2.48. The number of nitrogens with one attached hydrogen (secondary N) is 1. The molecule has 0 aliphatic heterocycles. The van der Waals surface area contributed by atoms with Crippen LogP contribution in [0.4, 0.5) is 0 Å². The van der Waals surface area contributed by atoms with Crippen molar-refractivity contribution in [2.75, 3.05) is 0 Å². The van der Waals surface area contributed by atoms with E-state index in [1.54, 1.807) is 0 Å². The highest BCUT2D eigenvalue weighted by Crippen LogP contribution is 2.29. The third-order valence-corrected chi connectivity index (χ3v) is 3.67. The van der Waals surface area contributed by atoms with Gasteiger partial charge >= 0.3 is 0 Å². The maximum Gasteiger partial charge on any atom is 0.0494 e. The summed E-state index contributed by atoms with van der Waals surface area (Å²) in [5.74, 6) is 0. The molecular formula is C18H17N. The van der Waals surface area contributed by atoms with Gasteiger partial charge in [0.15, 0.2) is 0 Å². The quantitative estimate of drug-likeness (QED) is 0.666. The van der Waals surface area contributed by atoms with E-state index in [-0.39, 0.29) is 0 Å². The van der Waals surface area contributed by atoms with E-state index in [4.69, 9.17) is 0 Å². The lowest BCUT2D eigenvalue weighted by molar-refractivity contribution is 1.34. The Morgan fingerprint density at radius 2 is 1.63 bits per heavy atom. The number of hydrogen-bond donors (Lipinski definition) is 1. The van der Waals surface area contributed by atoms with Crippen LogP contribution in [0.3, 0.4) is 0 Å². The zero-order valence-corrected chi connectivity index (χ0v) is 11.3. The van der Waals surface area contributed by atoms with E-state index in [1.165, 1.54) is 27.6 Å². The van der Waals surface area contributed by atoms with Gasteiger partial charge in [-0.05, 0) is 36.6 Å². The Labute approximate surface area is 113 Å². The van der Waals surface area contributed by atoms with Crippen LogP contribution in [-0.2, 0) is 0 Å². The molecule has 0 atom stereocenters. The fraction of sp³-hybridized carbons (Fsp3) is 0.111. The molecule has 1 heterocycles. The van der Waals surface area contributed by atoms with Gasteiger partial charge in [-0.3, -0.25) is 0 Å². The maximum atomic E-state index is 4.25. The van der Waals surface area contributed by atoms with Gasteiger partial charge in [0.1, 0.15) is 0 Å². The first-order valence-corrected chi connectivity index (χ1v) is 6.50. The van der Waals surface area contributed by atoms with Crippen LogP contribution < -0.4 is 0 Å². The molecule has 0 aliphatic carbocycles. The van der Waals surface area contributed by atoms with Gasteiger partial charge in [-0.1, -0.05) is 54.6 Å². The van der Waals surface area contributed by atoms with Gasteiger partial charge in [0.25, 0.3) is 0 Å². The first-order chi connectivity index (χ1) is 9.16. The normalized spacial score (nSPS) is 10.8. The van der Waals surface area contributed by atoms with E-state index in [0.29, 0.717) is 0 Å². The summed E-state index contributed by atoms with van der Waals surface area (Å²) < 4.78 is 0. The summed E-state index contributed by atoms with van der Waals surface area (Å²) in [6.45, 7) is 8.49. The van der Waals surface area contributed by atoms with Gasteiger partial charge in [-0.25, -0.2) is 0 Å². The van der Waals surface area contributed by atoms with Crippen LogP contribution in [-0.4, -0.2) is 4.98 Å². The van der Waals surface area contributed by atoms with Crippen molar-refractivity contribution in [2.45, 2.75) is 13.8 Å². The van der Waals surface area contributed by atoms with E-state index in [2.05, 4.69) is 73.9 Å². The van der Waals surface area contributed by atoms with Crippen LogP contribution >= 0.6 is 0 Å². The summed E-state index contributed by atoms with van der Waals surface area (Å²) in [5, 5.41) is 1.27. The Morgan fingerprint density at radius 1 is 0.947 bits per heavy atom. The van der Waals surface area contributed by atoms with Crippen molar-refractivity contribution in [2.24, 2.45) is 0 Å². The van der Waals surface area contributed by atoms with Crippen molar-refractivity contribution in [1.29, 1.82) is 0 Å². The van der Waals surface area contributed by atoms with Gasteiger partial charge in [0.2, 0.25) is 0 Å². The average Bonchev–Trinajstić information content (AvgIpc) is 2.77. The van der Waals surface area contributed by atoms with Gasteiger partial charge in [-0.15, -0.1) is 0 Å². The molecule has 2 aromatic carbocycles. The second kappa shape index (κ2) is 4.43. The molecule has 0 aliphatic rings. The smallest absolute Gasteiger partial charge is 0.0494 e. The molecule has 1 heteroatoms. The SMILES string of the molecule is C=C(c1ccc(C)cc1)c1[nH]c2ccccc2c1C. The second-order valence-electron chi connectivity index (χ2n) is 5.02. The second-order valence-corrected chi connectivity index (χ2v) is 5.02. The summed E-state index contributed by atoms with van der Waals surface area (Å²) in [7, 11) is 0. The third kappa shape index (κ3) is 1.97. The van der Waals surface area contributed by atoms with E-state index in [9.17, 15) is 0 Å². The predicted octanol–water partition coefficient (Wildman–Crippen LogP) is 4.85. The highest BCUT2D eigenvalue weighted by molar-refractivity contribution is 5.91. The number of para-hydroxylation sites is 1. The molecule has 0 amide bonds. The molecule has 3 aromatic rings. The molecule has 0 unspecified atom stereocenters. The van der Waals surface area contributed by atoms with Crippen molar-refractivity contribution in [1.82, 2.24) is 4.98 Å². The van der Waals surface area contributed by atoms with Crippen molar-refractivity contribution in [3.63, 3.8) is 0 Å². The molecule has 1 aromatic heterocycles. The molecule has 0 bridgehead atoms. The largest absolute Gasteiger partial charge is 0.354 e. The van der Waals surface area contributed by atoms with Gasteiger partial charge in [0, 0.05) is 16.6 Å². The minimum absolute atomic E-state index is 1.05. The molecule has 0 saturated heterocycles. The number of aryl methyl sites for hydroxylation is 2. The Hall–Kier alpha value is -2.28. The fourth-order valence-electron chi connectivity index (χ4n) is 2.48. The van der Waals surface area contributed by atoms with Crippen molar-refractivity contribution >= 4 is 16.5 Å². The van der Waals surface area contributed by atoms with E-state index in [1.807, 2.05) is 0 Å². The van der Waals surface area contributed by atoms with Crippen molar-refractivity contribution in [3.05, 3.63) is 77.5 Å². The van der Waals surface area contributed by atoms with Crippen LogP contribution in [0.15, 0.2) is 55.1 Å². The maximum absolute atomic E-state index is 4.25. The van der Waals surface area contributed by atoms with Gasteiger partial charge in [0.05, 0.1) is 0 Å². The van der Waals surface area contributed by atoms with Crippen molar-refractivity contribution in [3.8, 4) is 0 Å². The summed E-state index contributed by atoms with van der Waals surface area (Å²) in [4.78, 5) is 3.48. The Balaban J connectivity index is 2.11. The molecule has 0 saturated carbocycles. The zero-order valence-electron chi connectivity index (χ0n) is 11.3. The first-order valence-electron chi connectivity index (χ1n) is 6.50. The highest BCUT2D eigenvalue weighted by atomic mass is 14.7. The summed E-state index contributed by atoms with van der Waals surface area (Å²) in [5.41, 5.74) is 7.05. The lowest BCUT2D eigenvalue weighted by Crippen LogP contribution is -1.89. The number of aromatic amines is 1. The van der Waals surface area contributed by atoms with Crippen LogP contribution in [0.2, 0.25) is 0 Å². The van der Waals surface area contributed by atoms with Gasteiger partial charge < -0.3 is 4.98 Å². The van der Waals surface area contributed by atoms with Crippen LogP contribution in [0.1, 0.15) is 22.4 Å². The lowest BCUT2D eigenvalue weighted by Gasteiger charge is -2.06. The van der Waals surface area contributed by atoms with E-state index >= 15 is 0 Å². The molecule has 1 nitrogen and oxygen atoms in total. The molecule has 0 spiro atoms. The highest BCUT2D eigenvalue weighted by Gasteiger charge is 2.11. The van der Waals surface area contributed by atoms with Crippen LogP contribution in [0.25, 0.3) is 16.5 Å². The average molecular weight is 247 g/mol. The number of benzene rings is 2. The number of hydrogen-bond acceptors (Lipinski definition) is 0. The minimum Gasteiger partial charge on any atom is -0.354 e. The lowest BCUT2D eigenvalue weighted by atomic mass is 10.0. The Morgan fingerprint density at radius 3 is 2.32 bits per heavy atom. The Kier molecular flexibility index (Phi) is 2.75. The van der Waals surface area contributed by atoms with E-state index in [0.717, 1.165) is 11.3 Å². The molecule has 1 N–H and O–H groups in total. The monoisotopic (exact) mass is 247 g/mol. The van der Waals surface area contributed by atoms with Gasteiger partial charge in [-0.2, -0.15) is 0 Å². The number of H-pyrrole nitrogens is 1. The van der Waals surface area contributed by atoms with Crippen LogP contribution in [0.5, 0.6) is 0 Å². The summed E-state index contributed by atoms with van der Waals surface area (Å²) >= 11 is 0. The molecule has 94 valence electrons. The predicted molar refractivity (Wildman–Crippen MR) is 82.4 cm³/mol. The zero-order chi connectivity index (χ0) is 13.4. The number of aromatic nitrogens is 1.